The Balaban J connectivity index is 1.69. The molecule has 3 aromatic rings. The average Bonchev–Trinajstić information content (AvgIpc) is 2.91. The second kappa shape index (κ2) is 14.5. The first-order valence-corrected chi connectivity index (χ1v) is 13.5. The van der Waals surface area contributed by atoms with Crippen LogP contribution in [0.1, 0.15) is 44.7 Å². The molecule has 0 saturated carbocycles. The fraction of sp³-hybridized carbons (Fsp3) is 0.179. The normalized spacial score (nSPS) is 12.0. The Bertz CT molecular complexity index is 1500. The number of carbonyl (C=O) groups is 3. The predicted octanol–water partition coefficient (Wildman–Crippen LogP) is 6.61. The highest BCUT2D eigenvalue weighted by atomic mass is 35.5. The summed E-state index contributed by atoms with van der Waals surface area (Å²) in [5.74, 6) is -1.38. The molecule has 0 aliphatic heterocycles. The maximum Gasteiger partial charge on any atom is 0.416 e. The van der Waals surface area contributed by atoms with E-state index in [9.17, 15) is 27.6 Å². The molecule has 0 heterocycles. The first-order chi connectivity index (χ1) is 19.4. The number of aliphatic carboxylic acids is 1. The number of aliphatic imine (C=N–C) groups is 2. The number of benzene rings is 3. The first-order valence-electron chi connectivity index (χ1n) is 12.0. The lowest BCUT2D eigenvalue weighted by Crippen LogP contribution is -2.17. The van der Waals surface area contributed by atoms with Gasteiger partial charge in [-0.05, 0) is 54.1 Å². The molecule has 0 spiro atoms. The van der Waals surface area contributed by atoms with Crippen molar-refractivity contribution in [3.63, 3.8) is 0 Å². The number of thioether (sulfide) groups is 1. The number of carboxylic acid groups (broad SMARTS) is 1. The number of rotatable bonds is 11. The van der Waals surface area contributed by atoms with Crippen LogP contribution in [0.4, 0.5) is 24.5 Å². The minimum atomic E-state index is -4.51. The van der Waals surface area contributed by atoms with Crippen molar-refractivity contribution in [2.75, 3.05) is 11.1 Å². The molecule has 8 nitrogen and oxygen atoms in total. The number of halogens is 4. The third-order valence-corrected chi connectivity index (χ3v) is 6.60. The fourth-order valence-electron chi connectivity index (χ4n) is 3.39. The summed E-state index contributed by atoms with van der Waals surface area (Å²) in [5.41, 5.74) is 6.31. The molecular weight excluding hydrogens is 581 g/mol. The van der Waals surface area contributed by atoms with E-state index in [2.05, 4.69) is 15.3 Å². The minimum absolute atomic E-state index is 0.0241. The van der Waals surface area contributed by atoms with E-state index in [1.54, 1.807) is 18.2 Å². The highest BCUT2D eigenvalue weighted by molar-refractivity contribution is 7.98. The quantitative estimate of drug-likeness (QED) is 0.128. The minimum Gasteiger partial charge on any atom is -0.481 e. The Morgan fingerprint density at radius 1 is 1.05 bits per heavy atom. The van der Waals surface area contributed by atoms with Crippen molar-refractivity contribution in [3.05, 3.63) is 94.0 Å². The van der Waals surface area contributed by atoms with Crippen LogP contribution in [0.3, 0.4) is 0 Å². The van der Waals surface area contributed by atoms with E-state index in [1.807, 2.05) is 6.07 Å². The Hall–Kier alpha value is -4.16. The van der Waals surface area contributed by atoms with Gasteiger partial charge in [0, 0.05) is 34.7 Å². The number of amidine groups is 1. The molecule has 0 aromatic heterocycles. The summed E-state index contributed by atoms with van der Waals surface area (Å²) in [6.07, 6.45) is -3.36. The number of hydrogen-bond acceptors (Lipinski definition) is 5. The van der Waals surface area contributed by atoms with Gasteiger partial charge in [-0.25, -0.2) is 0 Å². The van der Waals surface area contributed by atoms with E-state index in [4.69, 9.17) is 22.4 Å². The van der Waals surface area contributed by atoms with E-state index >= 15 is 0 Å². The molecule has 0 bridgehead atoms. The molecule has 41 heavy (non-hydrogen) atoms. The van der Waals surface area contributed by atoms with Crippen molar-refractivity contribution >= 4 is 64.6 Å². The Morgan fingerprint density at radius 3 is 2.54 bits per heavy atom. The van der Waals surface area contributed by atoms with Crippen molar-refractivity contribution in [1.29, 1.82) is 0 Å². The fourth-order valence-corrected chi connectivity index (χ4v) is 4.44. The largest absolute Gasteiger partial charge is 0.481 e. The highest BCUT2D eigenvalue weighted by Gasteiger charge is 2.30. The highest BCUT2D eigenvalue weighted by Crippen LogP contribution is 2.31. The third-order valence-electron chi connectivity index (χ3n) is 5.34. The lowest BCUT2D eigenvalue weighted by Gasteiger charge is -2.11. The van der Waals surface area contributed by atoms with Crippen LogP contribution in [0.5, 0.6) is 0 Å². The summed E-state index contributed by atoms with van der Waals surface area (Å²) in [5, 5.41) is 11.6. The van der Waals surface area contributed by atoms with Gasteiger partial charge in [0.1, 0.15) is 5.84 Å². The summed E-state index contributed by atoms with van der Waals surface area (Å²) < 4.78 is 38.6. The number of carbonyl (C=O) groups excluding carboxylic acids is 2. The Morgan fingerprint density at radius 2 is 1.80 bits per heavy atom. The van der Waals surface area contributed by atoms with Gasteiger partial charge in [0.15, 0.2) is 0 Å². The molecule has 0 saturated heterocycles. The van der Waals surface area contributed by atoms with E-state index < -0.39 is 29.5 Å². The average molecular weight is 605 g/mol. The van der Waals surface area contributed by atoms with E-state index in [1.165, 1.54) is 48.3 Å². The van der Waals surface area contributed by atoms with Gasteiger partial charge in [-0.2, -0.15) is 29.9 Å². The molecule has 0 aliphatic rings. The van der Waals surface area contributed by atoms with Gasteiger partial charge in [0.25, 0.3) is 11.8 Å². The molecule has 0 atom stereocenters. The molecule has 3 rings (SSSR count). The number of nitrogens with one attached hydrogen (secondary N) is 1. The van der Waals surface area contributed by atoms with Crippen LogP contribution in [0.2, 0.25) is 5.02 Å². The standard InChI is InChI=1S/C28H24ClF3N4O4S/c29-20-7-8-23(35-26(39)18-4-1-3-17(13-18)16-41-12-10-25(37)38)22(15-20)27(40)36-24(33)9-11-34-21-6-2-5-19(14-21)28(30,31)32/h1-8,11,13-15H,9-10,12,16H2,(H,35,39)(H,37,38)(H2,33,36,40). The summed E-state index contributed by atoms with van der Waals surface area (Å²) in [4.78, 5) is 44.3. The zero-order chi connectivity index (χ0) is 30.0. The van der Waals surface area contributed by atoms with E-state index in [0.29, 0.717) is 17.1 Å². The second-order valence-corrected chi connectivity index (χ2v) is 10.1. The first kappa shape index (κ1) is 31.4. The maximum absolute atomic E-state index is 12.9. The van der Waals surface area contributed by atoms with Crippen molar-refractivity contribution in [1.82, 2.24) is 0 Å². The van der Waals surface area contributed by atoms with Crippen molar-refractivity contribution in [2.45, 2.75) is 24.8 Å². The number of nitrogens with zero attached hydrogens (tertiary/aromatic N) is 2. The van der Waals surface area contributed by atoms with Crippen LogP contribution in [-0.4, -0.2) is 40.7 Å². The number of amides is 2. The summed E-state index contributed by atoms with van der Waals surface area (Å²) in [6, 6.07) is 15.4. The third kappa shape index (κ3) is 10.1. The van der Waals surface area contributed by atoms with Crippen molar-refractivity contribution < 1.29 is 32.7 Å². The van der Waals surface area contributed by atoms with Crippen LogP contribution in [-0.2, 0) is 16.7 Å². The van der Waals surface area contributed by atoms with E-state index in [-0.39, 0.29) is 40.6 Å². The van der Waals surface area contributed by atoms with Crippen LogP contribution in [0.25, 0.3) is 0 Å². The van der Waals surface area contributed by atoms with Crippen molar-refractivity contribution in [2.24, 2.45) is 15.7 Å². The molecule has 0 radical (unpaired) electrons. The summed E-state index contributed by atoms with van der Waals surface area (Å²) >= 11 is 7.49. The molecule has 13 heteroatoms. The lowest BCUT2D eigenvalue weighted by molar-refractivity contribution is -0.138. The molecule has 3 aromatic carbocycles. The van der Waals surface area contributed by atoms with E-state index in [0.717, 1.165) is 17.7 Å². The predicted molar refractivity (Wildman–Crippen MR) is 154 cm³/mol. The number of anilines is 1. The second-order valence-electron chi connectivity index (χ2n) is 8.51. The summed E-state index contributed by atoms with van der Waals surface area (Å²) in [7, 11) is 0. The van der Waals surface area contributed by atoms with Gasteiger partial charge in [0.05, 0.1) is 28.9 Å². The van der Waals surface area contributed by atoms with Crippen LogP contribution < -0.4 is 11.1 Å². The maximum atomic E-state index is 12.9. The topological polar surface area (TPSA) is 134 Å². The Kier molecular flexibility index (Phi) is 11.1. The zero-order valence-corrected chi connectivity index (χ0v) is 22.9. The van der Waals surface area contributed by atoms with Crippen molar-refractivity contribution in [3.8, 4) is 0 Å². The van der Waals surface area contributed by atoms with Crippen LogP contribution >= 0.6 is 23.4 Å². The smallest absolute Gasteiger partial charge is 0.416 e. The molecule has 4 N–H and O–H groups in total. The van der Waals surface area contributed by atoms with Crippen LogP contribution in [0.15, 0.2) is 76.7 Å². The van der Waals surface area contributed by atoms with Gasteiger partial charge in [-0.15, -0.1) is 0 Å². The molecule has 2 amide bonds. The van der Waals surface area contributed by atoms with Gasteiger partial charge in [-0.3, -0.25) is 19.4 Å². The van der Waals surface area contributed by atoms with Crippen LogP contribution in [0, 0.1) is 0 Å². The summed E-state index contributed by atoms with van der Waals surface area (Å²) in [6.45, 7) is 0. The number of carboxylic acids is 1. The number of nitrogens with two attached hydrogens (primary N) is 1. The van der Waals surface area contributed by atoms with Gasteiger partial charge >= 0.3 is 12.1 Å². The SMILES string of the molecule is NC(CC=Nc1cccc(C(F)(F)F)c1)=NC(=O)c1cc(Cl)ccc1NC(=O)c1cccc(CSCCC(=O)O)c1. The lowest BCUT2D eigenvalue weighted by atomic mass is 10.1. The zero-order valence-electron chi connectivity index (χ0n) is 21.3. The molecule has 0 unspecified atom stereocenters. The molecular formula is C28H24ClF3N4O4S. The van der Waals surface area contributed by atoms with Gasteiger partial charge < -0.3 is 16.2 Å². The van der Waals surface area contributed by atoms with Gasteiger partial charge in [-0.1, -0.05) is 29.8 Å². The van der Waals surface area contributed by atoms with Gasteiger partial charge in [0.2, 0.25) is 0 Å². The molecule has 0 aliphatic carbocycles. The number of alkyl halides is 3. The monoisotopic (exact) mass is 604 g/mol. The molecule has 214 valence electrons. The number of hydrogen-bond donors (Lipinski definition) is 3. The Labute approximate surface area is 242 Å². The molecule has 0 fully saturated rings.